The van der Waals surface area contributed by atoms with Crippen molar-refractivity contribution in [1.82, 2.24) is 20.5 Å². The molecular formula is C21H31N5OS. The monoisotopic (exact) mass is 401 g/mol. The smallest absolute Gasteiger partial charge is 0.191 e. The van der Waals surface area contributed by atoms with Crippen molar-refractivity contribution in [3.8, 4) is 10.6 Å². The lowest BCUT2D eigenvalue weighted by Crippen LogP contribution is -2.56. The van der Waals surface area contributed by atoms with Crippen molar-refractivity contribution in [2.45, 2.75) is 32.9 Å². The Kier molecular flexibility index (Phi) is 7.04. The van der Waals surface area contributed by atoms with Gasteiger partial charge in [-0.25, -0.2) is 4.98 Å². The summed E-state index contributed by atoms with van der Waals surface area (Å²) in [7, 11) is 1.81. The van der Waals surface area contributed by atoms with E-state index in [1.54, 1.807) is 11.3 Å². The molecular weight excluding hydrogens is 370 g/mol. The molecule has 2 aromatic rings. The van der Waals surface area contributed by atoms with Crippen LogP contribution >= 0.6 is 11.3 Å². The van der Waals surface area contributed by atoms with Crippen molar-refractivity contribution in [1.29, 1.82) is 0 Å². The van der Waals surface area contributed by atoms with E-state index in [0.29, 0.717) is 6.54 Å². The molecule has 1 aromatic carbocycles. The van der Waals surface area contributed by atoms with Gasteiger partial charge in [0.05, 0.1) is 25.5 Å². The van der Waals surface area contributed by atoms with Crippen molar-refractivity contribution >= 4 is 17.3 Å². The lowest BCUT2D eigenvalue weighted by Gasteiger charge is -2.41. The van der Waals surface area contributed by atoms with Gasteiger partial charge in [-0.1, -0.05) is 30.3 Å². The van der Waals surface area contributed by atoms with Gasteiger partial charge in [0.15, 0.2) is 5.96 Å². The molecule has 1 aromatic heterocycles. The molecule has 0 bridgehead atoms. The molecule has 152 valence electrons. The zero-order chi connectivity index (χ0) is 20.0. The number of thiazole rings is 1. The largest absolute Gasteiger partial charge is 0.379 e. The van der Waals surface area contributed by atoms with E-state index in [9.17, 15) is 0 Å². The van der Waals surface area contributed by atoms with Crippen LogP contribution in [0.1, 0.15) is 24.4 Å². The summed E-state index contributed by atoms with van der Waals surface area (Å²) in [4.78, 5) is 12.8. The number of nitrogens with one attached hydrogen (secondary N) is 2. The average Bonchev–Trinajstić information content (AvgIpc) is 3.10. The highest BCUT2D eigenvalue weighted by Gasteiger charge is 2.28. The number of aromatic nitrogens is 1. The lowest BCUT2D eigenvalue weighted by molar-refractivity contribution is -0.00834. The Bertz CT molecular complexity index is 781. The number of morpholine rings is 1. The molecule has 0 spiro atoms. The van der Waals surface area contributed by atoms with E-state index in [-0.39, 0.29) is 5.54 Å². The second kappa shape index (κ2) is 9.49. The maximum atomic E-state index is 5.47. The van der Waals surface area contributed by atoms with Crippen LogP contribution in [0.15, 0.2) is 35.3 Å². The van der Waals surface area contributed by atoms with Gasteiger partial charge < -0.3 is 15.4 Å². The minimum absolute atomic E-state index is 0.0439. The predicted octanol–water partition coefficient (Wildman–Crippen LogP) is 2.89. The van der Waals surface area contributed by atoms with E-state index < -0.39 is 0 Å². The number of rotatable bonds is 6. The highest BCUT2D eigenvalue weighted by atomic mass is 32.1. The van der Waals surface area contributed by atoms with Crippen LogP contribution in [0.2, 0.25) is 0 Å². The highest BCUT2D eigenvalue weighted by Crippen LogP contribution is 2.27. The van der Waals surface area contributed by atoms with E-state index in [2.05, 4.69) is 53.4 Å². The first-order chi connectivity index (χ1) is 13.5. The summed E-state index contributed by atoms with van der Waals surface area (Å²) in [6, 6.07) is 10.3. The third-order valence-corrected chi connectivity index (χ3v) is 6.32. The van der Waals surface area contributed by atoms with Gasteiger partial charge in [-0.2, -0.15) is 0 Å². The van der Waals surface area contributed by atoms with Crippen LogP contribution in [0.25, 0.3) is 10.6 Å². The van der Waals surface area contributed by atoms with Gasteiger partial charge in [0.25, 0.3) is 0 Å². The van der Waals surface area contributed by atoms with Crippen molar-refractivity contribution in [2.75, 3.05) is 39.9 Å². The van der Waals surface area contributed by atoms with Crippen molar-refractivity contribution in [3.63, 3.8) is 0 Å². The summed E-state index contributed by atoms with van der Waals surface area (Å²) in [6.07, 6.45) is 0. The molecule has 2 heterocycles. The third-order valence-electron chi connectivity index (χ3n) is 5.11. The fourth-order valence-corrected chi connectivity index (χ4v) is 4.27. The Morgan fingerprint density at radius 2 is 1.93 bits per heavy atom. The van der Waals surface area contributed by atoms with Crippen LogP contribution in [0.4, 0.5) is 0 Å². The van der Waals surface area contributed by atoms with E-state index in [1.165, 1.54) is 4.88 Å². The van der Waals surface area contributed by atoms with Gasteiger partial charge in [0.1, 0.15) is 5.01 Å². The molecule has 1 fully saturated rings. The van der Waals surface area contributed by atoms with Crippen molar-refractivity contribution in [3.05, 3.63) is 40.9 Å². The number of aryl methyl sites for hydroxylation is 1. The van der Waals surface area contributed by atoms with E-state index in [0.717, 1.165) is 55.1 Å². The Hall–Kier alpha value is -1.96. The van der Waals surface area contributed by atoms with Crippen LogP contribution in [0, 0.1) is 6.92 Å². The standard InChI is InChI=1S/C21H31N5OS/c1-16-18(28-19(25-16)17-8-6-5-7-9-17)14-23-20(22-4)24-15-21(2,3)26-10-12-27-13-11-26/h5-9H,10-15H2,1-4H3,(H2,22,23,24). The van der Waals surface area contributed by atoms with E-state index in [1.807, 2.05) is 25.2 Å². The SMILES string of the molecule is CN=C(NCc1sc(-c2ccccc2)nc1C)NCC(C)(C)N1CCOCC1. The van der Waals surface area contributed by atoms with Gasteiger partial charge in [0, 0.05) is 42.7 Å². The number of ether oxygens (including phenoxy) is 1. The molecule has 1 saturated heterocycles. The van der Waals surface area contributed by atoms with Crippen molar-refractivity contribution in [2.24, 2.45) is 4.99 Å². The zero-order valence-electron chi connectivity index (χ0n) is 17.3. The van der Waals surface area contributed by atoms with Crippen LogP contribution < -0.4 is 10.6 Å². The predicted molar refractivity (Wildman–Crippen MR) is 117 cm³/mol. The second-order valence-corrected chi connectivity index (χ2v) is 8.67. The minimum atomic E-state index is 0.0439. The van der Waals surface area contributed by atoms with Gasteiger partial charge in [-0.3, -0.25) is 9.89 Å². The number of benzene rings is 1. The number of guanidine groups is 1. The fourth-order valence-electron chi connectivity index (χ4n) is 3.26. The summed E-state index contributed by atoms with van der Waals surface area (Å²) in [5.74, 6) is 0.815. The number of nitrogens with zero attached hydrogens (tertiary/aromatic N) is 3. The van der Waals surface area contributed by atoms with E-state index >= 15 is 0 Å². The zero-order valence-corrected chi connectivity index (χ0v) is 18.1. The topological polar surface area (TPSA) is 61.8 Å². The van der Waals surface area contributed by atoms with Crippen LogP contribution in [-0.2, 0) is 11.3 Å². The van der Waals surface area contributed by atoms with Crippen LogP contribution in [0.3, 0.4) is 0 Å². The molecule has 0 saturated carbocycles. The molecule has 0 unspecified atom stereocenters. The maximum absolute atomic E-state index is 5.47. The average molecular weight is 402 g/mol. The summed E-state index contributed by atoms with van der Waals surface area (Å²) in [6.45, 7) is 11.7. The summed E-state index contributed by atoms with van der Waals surface area (Å²) in [5, 5.41) is 7.97. The Morgan fingerprint density at radius 1 is 1.21 bits per heavy atom. The van der Waals surface area contributed by atoms with Gasteiger partial charge in [-0.05, 0) is 20.8 Å². The van der Waals surface area contributed by atoms with Gasteiger partial charge in [-0.15, -0.1) is 11.3 Å². The third kappa shape index (κ3) is 5.31. The molecule has 3 rings (SSSR count). The summed E-state index contributed by atoms with van der Waals surface area (Å²) < 4.78 is 5.47. The maximum Gasteiger partial charge on any atom is 0.191 e. The molecule has 1 aliphatic rings. The van der Waals surface area contributed by atoms with Crippen LogP contribution in [0.5, 0.6) is 0 Å². The number of aliphatic imine (C=N–C) groups is 1. The molecule has 2 N–H and O–H groups in total. The molecule has 28 heavy (non-hydrogen) atoms. The molecule has 6 nitrogen and oxygen atoms in total. The molecule has 7 heteroatoms. The highest BCUT2D eigenvalue weighted by molar-refractivity contribution is 7.15. The first-order valence-electron chi connectivity index (χ1n) is 9.78. The minimum Gasteiger partial charge on any atom is -0.379 e. The molecule has 0 radical (unpaired) electrons. The first kappa shape index (κ1) is 20.8. The van der Waals surface area contributed by atoms with Gasteiger partial charge in [0.2, 0.25) is 0 Å². The number of hydrogen-bond acceptors (Lipinski definition) is 5. The lowest BCUT2D eigenvalue weighted by atomic mass is 10.0. The molecule has 1 aliphatic heterocycles. The summed E-state index contributed by atoms with van der Waals surface area (Å²) >= 11 is 1.73. The molecule has 0 atom stereocenters. The van der Waals surface area contributed by atoms with E-state index in [4.69, 9.17) is 9.72 Å². The molecule has 0 amide bonds. The normalized spacial score (nSPS) is 16.2. The van der Waals surface area contributed by atoms with Crippen LogP contribution in [-0.4, -0.2) is 61.3 Å². The Labute approximate surface area is 172 Å². The quantitative estimate of drug-likeness (QED) is 0.576. The Morgan fingerprint density at radius 3 is 2.61 bits per heavy atom. The van der Waals surface area contributed by atoms with Crippen molar-refractivity contribution < 1.29 is 4.74 Å². The Balaban J connectivity index is 1.55. The second-order valence-electron chi connectivity index (χ2n) is 7.58. The fraction of sp³-hybridized carbons (Fsp3) is 0.524. The summed E-state index contributed by atoms with van der Waals surface area (Å²) in [5.41, 5.74) is 2.28. The number of hydrogen-bond donors (Lipinski definition) is 2. The molecule has 0 aliphatic carbocycles. The first-order valence-corrected chi connectivity index (χ1v) is 10.6. The van der Waals surface area contributed by atoms with Gasteiger partial charge >= 0.3 is 0 Å².